The van der Waals surface area contributed by atoms with Crippen LogP contribution in [0.25, 0.3) is 34.1 Å². The van der Waals surface area contributed by atoms with Gasteiger partial charge >= 0.3 is 0 Å². The smallest absolute Gasteiger partial charge is 0.246 e. The molecule has 1 unspecified atom stereocenters. The van der Waals surface area contributed by atoms with Gasteiger partial charge < -0.3 is 20.7 Å². The number of amides is 1. The molecule has 0 saturated carbocycles. The lowest BCUT2D eigenvalue weighted by atomic mass is 9.95. The molecule has 1 saturated heterocycles. The Hall–Kier alpha value is -4.87. The zero-order valence-electron chi connectivity index (χ0n) is 24.6. The monoisotopic (exact) mass is 589 g/mol. The fraction of sp³-hybridized carbons (Fsp3) is 0.303. The summed E-state index contributed by atoms with van der Waals surface area (Å²) in [6, 6.07) is 16.7. The molecule has 5 heterocycles. The van der Waals surface area contributed by atoms with Crippen LogP contribution >= 0.6 is 0 Å². The van der Waals surface area contributed by atoms with E-state index in [1.807, 2.05) is 41.4 Å². The van der Waals surface area contributed by atoms with Gasteiger partial charge in [-0.25, -0.2) is 19.6 Å². The molecule has 224 valence electrons. The first kappa shape index (κ1) is 27.9. The Morgan fingerprint density at radius 3 is 2.86 bits per heavy atom. The van der Waals surface area contributed by atoms with Crippen molar-refractivity contribution in [1.29, 1.82) is 0 Å². The van der Waals surface area contributed by atoms with E-state index in [1.54, 1.807) is 24.2 Å². The number of nitrogens with zero attached hydrogens (tertiary/aromatic N) is 7. The Kier molecular flexibility index (Phi) is 7.41. The molecule has 5 aromatic rings. The van der Waals surface area contributed by atoms with E-state index >= 15 is 0 Å². The number of nitrogens with one attached hydrogen (secondary N) is 1. The molecule has 44 heavy (non-hydrogen) atoms. The molecular formula is C33H35N9O2. The zero-order valence-corrected chi connectivity index (χ0v) is 24.6. The van der Waals surface area contributed by atoms with Crippen molar-refractivity contribution in [1.82, 2.24) is 39.5 Å². The molecule has 0 spiro atoms. The lowest BCUT2D eigenvalue weighted by Gasteiger charge is -2.40. The van der Waals surface area contributed by atoms with E-state index < -0.39 is 0 Å². The van der Waals surface area contributed by atoms with Gasteiger partial charge in [0.15, 0.2) is 17.3 Å². The molecule has 4 aromatic heterocycles. The molecule has 1 fully saturated rings. The summed E-state index contributed by atoms with van der Waals surface area (Å²) in [5, 5.41) is 8.27. The summed E-state index contributed by atoms with van der Waals surface area (Å²) in [5.74, 6) is 1.77. The summed E-state index contributed by atoms with van der Waals surface area (Å²) >= 11 is 0. The van der Waals surface area contributed by atoms with Crippen LogP contribution in [0.15, 0.2) is 79.8 Å². The number of methoxy groups -OCH3 is 1. The van der Waals surface area contributed by atoms with Crippen LogP contribution in [-0.2, 0) is 16.0 Å². The number of nitrogen functional groups attached to an aromatic ring is 1. The minimum atomic E-state index is -0.0325. The number of fused-ring (bicyclic) bond motifs is 2. The van der Waals surface area contributed by atoms with E-state index in [-0.39, 0.29) is 18.0 Å². The van der Waals surface area contributed by atoms with Crippen molar-refractivity contribution < 1.29 is 9.53 Å². The van der Waals surface area contributed by atoms with E-state index in [1.165, 1.54) is 17.2 Å². The fourth-order valence-electron chi connectivity index (χ4n) is 6.67. The van der Waals surface area contributed by atoms with E-state index in [0.717, 1.165) is 42.5 Å². The largest absolute Gasteiger partial charge is 0.383 e. The number of nitrogens with two attached hydrogens (primary N) is 1. The average Bonchev–Trinajstić information content (AvgIpc) is 3.80. The third-order valence-corrected chi connectivity index (χ3v) is 8.74. The zero-order chi connectivity index (χ0) is 30.2. The highest BCUT2D eigenvalue weighted by Crippen LogP contribution is 2.37. The number of aryl methyl sites for hydroxylation is 1. The Bertz CT molecular complexity index is 1830. The molecule has 0 radical (unpaired) electrons. The van der Waals surface area contributed by atoms with Gasteiger partial charge in [-0.2, -0.15) is 5.10 Å². The maximum atomic E-state index is 12.4. The van der Waals surface area contributed by atoms with Gasteiger partial charge in [0.05, 0.1) is 18.2 Å². The van der Waals surface area contributed by atoms with Crippen LogP contribution in [0, 0.1) is 0 Å². The molecule has 0 bridgehead atoms. The van der Waals surface area contributed by atoms with Crippen molar-refractivity contribution in [2.45, 2.75) is 43.8 Å². The summed E-state index contributed by atoms with van der Waals surface area (Å²) < 4.78 is 9.26. The number of benzene rings is 1. The van der Waals surface area contributed by atoms with E-state index in [0.29, 0.717) is 42.3 Å². The molecule has 11 nitrogen and oxygen atoms in total. The van der Waals surface area contributed by atoms with Crippen LogP contribution < -0.4 is 11.1 Å². The number of imidazole rings is 1. The number of anilines is 1. The molecule has 1 amide bonds. The quantitative estimate of drug-likeness (QED) is 0.260. The molecule has 2 aliphatic rings. The van der Waals surface area contributed by atoms with Crippen molar-refractivity contribution in [2.75, 3.05) is 26.0 Å². The predicted molar refractivity (Wildman–Crippen MR) is 168 cm³/mol. The van der Waals surface area contributed by atoms with Crippen molar-refractivity contribution in [2.24, 2.45) is 0 Å². The van der Waals surface area contributed by atoms with Crippen LogP contribution in [0.1, 0.15) is 36.4 Å². The summed E-state index contributed by atoms with van der Waals surface area (Å²) in [7, 11) is 1.68. The number of carbonyl (C=O) groups is 1. The Morgan fingerprint density at radius 1 is 1.16 bits per heavy atom. The lowest BCUT2D eigenvalue weighted by molar-refractivity contribution is -0.131. The van der Waals surface area contributed by atoms with Gasteiger partial charge in [0, 0.05) is 50.0 Å². The fourth-order valence-corrected chi connectivity index (χ4v) is 6.67. The van der Waals surface area contributed by atoms with Crippen molar-refractivity contribution in [3.05, 3.63) is 90.9 Å². The summed E-state index contributed by atoms with van der Waals surface area (Å²) in [6.45, 7) is 4.88. The minimum Gasteiger partial charge on any atom is -0.383 e. The third-order valence-electron chi connectivity index (χ3n) is 8.74. The number of aromatic nitrogens is 6. The summed E-state index contributed by atoms with van der Waals surface area (Å²) in [4.78, 5) is 28.6. The topological polar surface area (TPSA) is 129 Å². The van der Waals surface area contributed by atoms with Crippen molar-refractivity contribution >= 4 is 22.9 Å². The second kappa shape index (κ2) is 11.7. The van der Waals surface area contributed by atoms with Crippen LogP contribution in [-0.4, -0.2) is 72.5 Å². The first-order valence-corrected chi connectivity index (χ1v) is 15.0. The number of pyridine rings is 2. The molecule has 11 heteroatoms. The molecule has 1 aliphatic carbocycles. The van der Waals surface area contributed by atoms with Crippen LogP contribution in [0.2, 0.25) is 0 Å². The van der Waals surface area contributed by atoms with Crippen LogP contribution in [0.5, 0.6) is 0 Å². The number of hydrogen-bond acceptors (Lipinski definition) is 8. The number of rotatable bonds is 8. The first-order valence-electron chi connectivity index (χ1n) is 15.0. The normalized spacial score (nSPS) is 19.8. The SMILES string of the molecule is C=CC(=O)N1CCC(N[C@H]2CCc3cc(-n4c(-c5cccnc5N)nc5ccc(-n6cccn6)nc54)ccc32)C[C@@H]1COC. The molecule has 1 aliphatic heterocycles. The van der Waals surface area contributed by atoms with E-state index in [2.05, 4.69) is 44.7 Å². The first-order chi connectivity index (χ1) is 21.5. The van der Waals surface area contributed by atoms with Crippen molar-refractivity contribution in [3.8, 4) is 22.9 Å². The van der Waals surface area contributed by atoms with E-state index in [9.17, 15) is 4.79 Å². The van der Waals surface area contributed by atoms with Gasteiger partial charge in [0.25, 0.3) is 0 Å². The maximum Gasteiger partial charge on any atom is 0.246 e. The number of carbonyl (C=O) groups excluding carboxylic acids is 1. The minimum absolute atomic E-state index is 0.0325. The number of ether oxygens (including phenoxy) is 1. The lowest BCUT2D eigenvalue weighted by Crippen LogP contribution is -2.52. The highest BCUT2D eigenvalue weighted by Gasteiger charge is 2.33. The number of likely N-dealkylation sites (tertiary alicyclic amines) is 1. The molecule has 1 aromatic carbocycles. The molecule has 3 N–H and O–H groups in total. The number of hydrogen-bond donors (Lipinski definition) is 2. The highest BCUT2D eigenvalue weighted by molar-refractivity contribution is 5.87. The van der Waals surface area contributed by atoms with Crippen LogP contribution in [0.3, 0.4) is 0 Å². The molecular weight excluding hydrogens is 554 g/mol. The molecule has 3 atom stereocenters. The van der Waals surface area contributed by atoms with Gasteiger partial charge in [-0.05, 0) is 85.4 Å². The average molecular weight is 590 g/mol. The number of piperidine rings is 1. The van der Waals surface area contributed by atoms with Gasteiger partial charge in [-0.3, -0.25) is 9.36 Å². The predicted octanol–water partition coefficient (Wildman–Crippen LogP) is 4.02. The van der Waals surface area contributed by atoms with Gasteiger partial charge in [0.1, 0.15) is 11.3 Å². The van der Waals surface area contributed by atoms with Crippen LogP contribution in [0.4, 0.5) is 5.82 Å². The maximum absolute atomic E-state index is 12.4. The van der Waals surface area contributed by atoms with Gasteiger partial charge in [-0.15, -0.1) is 0 Å². The molecule has 7 rings (SSSR count). The highest BCUT2D eigenvalue weighted by atomic mass is 16.5. The summed E-state index contributed by atoms with van der Waals surface area (Å²) in [5.41, 5.74) is 12.1. The van der Waals surface area contributed by atoms with Gasteiger partial charge in [-0.1, -0.05) is 12.6 Å². The second-order valence-electron chi connectivity index (χ2n) is 11.4. The Balaban J connectivity index is 1.22. The van der Waals surface area contributed by atoms with Crippen molar-refractivity contribution in [3.63, 3.8) is 0 Å². The second-order valence-corrected chi connectivity index (χ2v) is 11.4. The standard InChI is InChI=1S/C33H35N9O2/c1-3-30(43)40-17-13-22(19-24(40)20-44-2)37-27-10-7-21-18-23(8-9-25(21)27)42-32(26-6-4-14-35-31(26)34)38-28-11-12-29(39-33(28)42)41-16-5-15-36-41/h3-6,8-9,11-12,14-16,18,22,24,27,37H,1,7,10,13,17,19-20H2,2H3,(H2,34,35)/t22?,24-,27+/m1/s1. The third kappa shape index (κ3) is 5.03. The van der Waals surface area contributed by atoms with Gasteiger partial charge in [0.2, 0.25) is 5.91 Å². The Morgan fingerprint density at radius 2 is 2.07 bits per heavy atom. The van der Waals surface area contributed by atoms with E-state index in [4.69, 9.17) is 20.4 Å². The summed E-state index contributed by atoms with van der Waals surface area (Å²) in [6.07, 6.45) is 10.4. The Labute approximate surface area is 255 Å².